The van der Waals surface area contributed by atoms with Crippen LogP contribution in [0.25, 0.3) is 11.1 Å². The molecule has 1 aromatic carbocycles. The molecular formula is C23H26ClN5O2. The molecule has 0 spiro atoms. The fraction of sp³-hybridized carbons (Fsp3) is 0.348. The number of nitrogens with zero attached hydrogens (tertiary/aromatic N) is 3. The quantitative estimate of drug-likeness (QED) is 0.567. The monoisotopic (exact) mass is 439 g/mol. The second-order valence-corrected chi connectivity index (χ2v) is 8.28. The van der Waals surface area contributed by atoms with Crippen LogP contribution in [0.1, 0.15) is 25.5 Å². The molecule has 2 aromatic heterocycles. The number of anilines is 2. The Morgan fingerprint density at radius 3 is 2.81 bits per heavy atom. The molecule has 8 heteroatoms. The smallest absolute Gasteiger partial charge is 0.137 e. The maximum Gasteiger partial charge on any atom is 0.137 e. The number of hydrogen-bond acceptors (Lipinski definition) is 6. The van der Waals surface area contributed by atoms with Crippen molar-refractivity contribution in [3.05, 3.63) is 59.5 Å². The van der Waals surface area contributed by atoms with Gasteiger partial charge in [0.2, 0.25) is 0 Å². The molecule has 3 aromatic rings. The zero-order chi connectivity index (χ0) is 22.0. The average Bonchev–Trinajstić information content (AvgIpc) is 3.22. The number of Topliss-reactive ketones (excluding diaryl/α,β-unsaturated/α-hetero) is 1. The fourth-order valence-corrected chi connectivity index (χ4v) is 4.25. The molecule has 0 fully saturated rings. The molecule has 0 saturated carbocycles. The molecule has 162 valence electrons. The van der Waals surface area contributed by atoms with Crippen LogP contribution in [0, 0.1) is 5.92 Å². The predicted molar refractivity (Wildman–Crippen MR) is 122 cm³/mol. The van der Waals surface area contributed by atoms with Gasteiger partial charge in [0.05, 0.1) is 36.3 Å². The van der Waals surface area contributed by atoms with E-state index in [9.17, 15) is 4.79 Å². The molecule has 1 unspecified atom stereocenters. The lowest BCUT2D eigenvalue weighted by Crippen LogP contribution is -2.42. The summed E-state index contributed by atoms with van der Waals surface area (Å²) in [6, 6.07) is 9.63. The van der Waals surface area contributed by atoms with E-state index in [4.69, 9.17) is 16.3 Å². The van der Waals surface area contributed by atoms with Crippen molar-refractivity contribution in [1.29, 1.82) is 0 Å². The van der Waals surface area contributed by atoms with Crippen LogP contribution >= 0.6 is 11.6 Å². The molecule has 0 saturated heterocycles. The number of methoxy groups -OCH3 is 1. The Labute approximate surface area is 186 Å². The number of ketones is 1. The Balaban J connectivity index is 1.71. The van der Waals surface area contributed by atoms with E-state index in [1.54, 1.807) is 26.3 Å². The van der Waals surface area contributed by atoms with Gasteiger partial charge in [-0.25, -0.2) is 4.98 Å². The maximum absolute atomic E-state index is 12.6. The summed E-state index contributed by atoms with van der Waals surface area (Å²) in [6.45, 7) is 4.97. The van der Waals surface area contributed by atoms with Gasteiger partial charge in [0.15, 0.2) is 0 Å². The van der Waals surface area contributed by atoms with Crippen molar-refractivity contribution >= 4 is 28.9 Å². The number of ether oxygens (including phenoxy) is 1. The summed E-state index contributed by atoms with van der Waals surface area (Å²) in [6.07, 6.45) is 5.45. The second-order valence-electron chi connectivity index (χ2n) is 7.84. The Bertz CT molecular complexity index is 1070. The summed E-state index contributed by atoms with van der Waals surface area (Å²) in [5.41, 5.74) is 4.08. The van der Waals surface area contributed by atoms with Crippen LogP contribution in [0.5, 0.6) is 0 Å². The zero-order valence-corrected chi connectivity index (χ0v) is 18.6. The van der Waals surface area contributed by atoms with Crippen LogP contribution in [-0.4, -0.2) is 40.3 Å². The van der Waals surface area contributed by atoms with Gasteiger partial charge >= 0.3 is 0 Å². The molecule has 7 nitrogen and oxygen atoms in total. The number of halogens is 1. The Morgan fingerprint density at radius 1 is 1.26 bits per heavy atom. The van der Waals surface area contributed by atoms with Crippen molar-refractivity contribution in [1.82, 2.24) is 14.8 Å². The second kappa shape index (κ2) is 9.08. The van der Waals surface area contributed by atoms with Crippen LogP contribution in [0.3, 0.4) is 0 Å². The van der Waals surface area contributed by atoms with Crippen molar-refractivity contribution in [2.45, 2.75) is 32.5 Å². The first-order valence-electron chi connectivity index (χ1n) is 10.3. The molecule has 1 aliphatic rings. The fourth-order valence-electron chi connectivity index (χ4n) is 4.14. The number of pyridine rings is 1. The summed E-state index contributed by atoms with van der Waals surface area (Å²) in [4.78, 5) is 17.0. The van der Waals surface area contributed by atoms with Gasteiger partial charge in [0.1, 0.15) is 11.6 Å². The van der Waals surface area contributed by atoms with Crippen LogP contribution < -0.4 is 10.6 Å². The molecule has 2 N–H and O–H groups in total. The highest BCUT2D eigenvalue weighted by Crippen LogP contribution is 2.41. The molecule has 0 radical (unpaired) electrons. The minimum absolute atomic E-state index is 0.0163. The number of rotatable bonds is 7. The molecule has 1 aliphatic heterocycles. The van der Waals surface area contributed by atoms with Gasteiger partial charge in [-0.15, -0.1) is 0 Å². The molecule has 0 aliphatic carbocycles. The molecular weight excluding hydrogens is 414 g/mol. The molecule has 0 amide bonds. The standard InChI is InChI=1S/C23H26ClN5O2/c1-14-22(15(2)30)23(28-21-7-5-18(24)12-25-21)19-10-16(4-6-20(19)27-14)17-11-26-29(13-17)8-9-31-3/h4-7,10-14,22-23,27H,8-9H2,1-3H3,(H,25,28)/t14-,22?,23-/m0/s1. The van der Waals surface area contributed by atoms with Gasteiger partial charge in [-0.1, -0.05) is 17.7 Å². The SMILES string of the molecule is COCCn1cc(-c2ccc3c(c2)[C@H](Nc2ccc(Cl)cn2)C(C(C)=O)[C@H](C)N3)cn1. The summed E-state index contributed by atoms with van der Waals surface area (Å²) < 4.78 is 7.00. The topological polar surface area (TPSA) is 81.1 Å². The van der Waals surface area contributed by atoms with Crippen molar-refractivity contribution in [2.24, 2.45) is 5.92 Å². The molecule has 3 atom stereocenters. The molecule has 0 bridgehead atoms. The minimum atomic E-state index is -0.246. The van der Waals surface area contributed by atoms with E-state index in [1.165, 1.54) is 0 Å². The van der Waals surface area contributed by atoms with Crippen LogP contribution in [0.4, 0.5) is 11.5 Å². The molecule has 4 rings (SSSR count). The number of fused-ring (bicyclic) bond motifs is 1. The van der Waals surface area contributed by atoms with Crippen LogP contribution in [-0.2, 0) is 16.1 Å². The first kappa shape index (κ1) is 21.3. The summed E-state index contributed by atoms with van der Waals surface area (Å²) >= 11 is 5.99. The van der Waals surface area contributed by atoms with Gasteiger partial charge in [-0.2, -0.15) is 5.10 Å². The van der Waals surface area contributed by atoms with Crippen molar-refractivity contribution < 1.29 is 9.53 Å². The van der Waals surface area contributed by atoms with Gasteiger partial charge in [0, 0.05) is 36.8 Å². The summed E-state index contributed by atoms with van der Waals surface area (Å²) in [5, 5.41) is 11.9. The Kier molecular flexibility index (Phi) is 6.25. The number of carbonyl (C=O) groups excluding carboxylic acids is 1. The summed E-state index contributed by atoms with van der Waals surface area (Å²) in [5.74, 6) is 0.554. The van der Waals surface area contributed by atoms with Gasteiger partial charge < -0.3 is 15.4 Å². The van der Waals surface area contributed by atoms with E-state index >= 15 is 0 Å². The van der Waals surface area contributed by atoms with E-state index in [0.29, 0.717) is 24.0 Å². The highest BCUT2D eigenvalue weighted by atomic mass is 35.5. The Morgan fingerprint density at radius 2 is 2.10 bits per heavy atom. The highest BCUT2D eigenvalue weighted by molar-refractivity contribution is 6.30. The number of aromatic nitrogens is 3. The van der Waals surface area contributed by atoms with E-state index in [2.05, 4.69) is 38.9 Å². The first-order valence-corrected chi connectivity index (χ1v) is 10.6. The lowest BCUT2D eigenvalue weighted by atomic mass is 9.80. The minimum Gasteiger partial charge on any atom is -0.383 e. The van der Waals surface area contributed by atoms with Gasteiger partial charge in [0.25, 0.3) is 0 Å². The third-order valence-electron chi connectivity index (χ3n) is 5.66. The normalized spacial score (nSPS) is 20.1. The first-order chi connectivity index (χ1) is 15.0. The predicted octanol–water partition coefficient (Wildman–Crippen LogP) is 4.42. The van der Waals surface area contributed by atoms with Crippen LogP contribution in [0.15, 0.2) is 48.9 Å². The van der Waals surface area contributed by atoms with Crippen molar-refractivity contribution in [2.75, 3.05) is 24.4 Å². The molecule has 31 heavy (non-hydrogen) atoms. The number of carbonyl (C=O) groups is 1. The largest absolute Gasteiger partial charge is 0.383 e. The number of benzene rings is 1. The average molecular weight is 440 g/mol. The van der Waals surface area contributed by atoms with Crippen molar-refractivity contribution in [3.63, 3.8) is 0 Å². The van der Waals surface area contributed by atoms with E-state index in [-0.39, 0.29) is 23.8 Å². The lowest BCUT2D eigenvalue weighted by molar-refractivity contribution is -0.121. The zero-order valence-electron chi connectivity index (χ0n) is 17.8. The van der Waals surface area contributed by atoms with Crippen molar-refractivity contribution in [3.8, 4) is 11.1 Å². The maximum atomic E-state index is 12.6. The lowest BCUT2D eigenvalue weighted by Gasteiger charge is -2.38. The highest BCUT2D eigenvalue weighted by Gasteiger charge is 2.37. The number of nitrogens with one attached hydrogen (secondary N) is 2. The summed E-state index contributed by atoms with van der Waals surface area (Å²) in [7, 11) is 1.68. The third-order valence-corrected chi connectivity index (χ3v) is 5.88. The van der Waals surface area contributed by atoms with E-state index in [0.717, 1.165) is 22.4 Å². The van der Waals surface area contributed by atoms with Crippen LogP contribution in [0.2, 0.25) is 5.02 Å². The van der Waals surface area contributed by atoms with Gasteiger partial charge in [-0.05, 0) is 49.2 Å². The van der Waals surface area contributed by atoms with Gasteiger partial charge in [-0.3, -0.25) is 9.48 Å². The van der Waals surface area contributed by atoms with E-state index < -0.39 is 0 Å². The Hall–Kier alpha value is -2.90. The molecule has 3 heterocycles. The van der Waals surface area contributed by atoms with E-state index in [1.807, 2.05) is 30.1 Å². The number of hydrogen-bond donors (Lipinski definition) is 2. The third kappa shape index (κ3) is 4.57.